The minimum absolute atomic E-state index is 0.0608. The van der Waals surface area contributed by atoms with E-state index < -0.39 is 12.0 Å². The average molecular weight is 476 g/mol. The lowest BCUT2D eigenvalue weighted by Crippen LogP contribution is -2.78. The number of ether oxygens (including phenoxy) is 1. The van der Waals surface area contributed by atoms with Gasteiger partial charge in [-0.2, -0.15) is 0 Å². The summed E-state index contributed by atoms with van der Waals surface area (Å²) in [5.74, 6) is -0.0150. The Balaban J connectivity index is 1.61. The van der Waals surface area contributed by atoms with Gasteiger partial charge in [-0.05, 0) is 31.0 Å². The molecule has 1 aliphatic heterocycles. The highest BCUT2D eigenvalue weighted by Crippen LogP contribution is 2.32. The van der Waals surface area contributed by atoms with E-state index in [4.69, 9.17) is 14.1 Å². The van der Waals surface area contributed by atoms with Gasteiger partial charge in [0.1, 0.15) is 22.9 Å². The van der Waals surface area contributed by atoms with Crippen LogP contribution < -0.4 is 16.0 Å². The molecule has 1 amide bonds. The number of aromatic nitrogens is 1. The molecule has 2 aromatic rings. The Morgan fingerprint density at radius 2 is 1.91 bits per heavy atom. The van der Waals surface area contributed by atoms with E-state index in [0.717, 1.165) is 33.0 Å². The summed E-state index contributed by atoms with van der Waals surface area (Å²) in [6.45, 7) is 6.94. The second kappa shape index (κ2) is 10.7. The molecule has 1 unspecified atom stereocenters. The maximum Gasteiger partial charge on any atom is 0.328 e. The molecule has 8 heteroatoms. The monoisotopic (exact) mass is 475 g/mol. The first-order valence-electron chi connectivity index (χ1n) is 11.9. The topological polar surface area (TPSA) is 110 Å². The number of carbonyl (C=O) groups excluding carboxylic acids is 2. The Morgan fingerprint density at radius 1 is 1.14 bits per heavy atom. The third-order valence-corrected chi connectivity index (χ3v) is 5.92. The van der Waals surface area contributed by atoms with E-state index in [1.165, 1.54) is 7.11 Å². The number of rotatable bonds is 8. The molecule has 0 saturated heterocycles. The fourth-order valence-electron chi connectivity index (χ4n) is 4.15. The first kappa shape index (κ1) is 24.3. The number of nitrogens with two attached hydrogens (primary N) is 1. The molecule has 0 aromatic heterocycles. The van der Waals surface area contributed by atoms with Crippen LogP contribution >= 0.6 is 0 Å². The van der Waals surface area contributed by atoms with Crippen LogP contribution in [0.4, 0.5) is 5.69 Å². The van der Waals surface area contributed by atoms with E-state index in [9.17, 15) is 9.59 Å². The summed E-state index contributed by atoms with van der Waals surface area (Å²) in [6.07, 6.45) is 0.252. The lowest BCUT2D eigenvalue weighted by molar-refractivity contribution is -0.568. The van der Waals surface area contributed by atoms with Crippen LogP contribution in [0.1, 0.15) is 27.2 Å². The molecule has 2 aliphatic rings. The number of hydrogen-bond donors (Lipinski definition) is 2. The third kappa shape index (κ3) is 5.33. The number of fused-ring (bicyclic) bond motifs is 4. The molecule has 0 radical (unpaired) electrons. The lowest BCUT2D eigenvalue weighted by Gasteiger charge is -2.19. The number of hydrogen-bond acceptors (Lipinski definition) is 6. The van der Waals surface area contributed by atoms with Crippen molar-refractivity contribution in [2.45, 2.75) is 33.2 Å². The van der Waals surface area contributed by atoms with Crippen LogP contribution in [0.5, 0.6) is 0 Å². The Hall–Kier alpha value is -3.78. The molecule has 1 heterocycles. The summed E-state index contributed by atoms with van der Waals surface area (Å²) in [5.41, 5.74) is 3.21. The molecule has 0 saturated carbocycles. The molecule has 0 spiro atoms. The Morgan fingerprint density at radius 3 is 2.63 bits per heavy atom. The molecule has 3 N–H and O–H groups in total. The SMILES string of the molecule is CCN=c1ccc2nc3c(cc([NH2+]CCC(=O)NC(C(=O)OC)C(C)C)c4ccccc43)oc-2c1. The zero-order valence-electron chi connectivity index (χ0n) is 20.5. The Labute approximate surface area is 203 Å². The van der Waals surface area contributed by atoms with E-state index in [1.54, 1.807) is 0 Å². The number of methoxy groups -OCH3 is 1. The molecule has 35 heavy (non-hydrogen) atoms. The van der Waals surface area contributed by atoms with Crippen molar-refractivity contribution in [3.05, 3.63) is 53.9 Å². The van der Waals surface area contributed by atoms with Crippen LogP contribution in [-0.4, -0.2) is 43.1 Å². The number of quaternary nitrogens is 1. The van der Waals surface area contributed by atoms with E-state index in [1.807, 2.05) is 74.6 Å². The predicted octanol–water partition coefficient (Wildman–Crippen LogP) is 2.91. The van der Waals surface area contributed by atoms with Crippen molar-refractivity contribution in [2.24, 2.45) is 10.9 Å². The number of nitrogens with zero attached hydrogens (tertiary/aromatic N) is 2. The van der Waals surface area contributed by atoms with Crippen molar-refractivity contribution in [3.8, 4) is 11.5 Å². The highest BCUT2D eigenvalue weighted by atomic mass is 16.5. The maximum absolute atomic E-state index is 12.5. The fourth-order valence-corrected chi connectivity index (χ4v) is 4.15. The van der Waals surface area contributed by atoms with E-state index in [-0.39, 0.29) is 18.2 Å². The maximum atomic E-state index is 12.5. The standard InChI is InChI=1S/C27H30N4O4/c1-5-28-17-10-11-20-22(14-17)35-23-15-21(18-8-6-7-9-19(18)26(23)30-20)29-13-12-24(32)31-25(16(2)3)27(33)34-4/h6-11,14-16,25,29H,5,12-13H2,1-4H3,(H,31,32)/p+1. The Kier molecular flexibility index (Phi) is 7.41. The van der Waals surface area contributed by atoms with E-state index in [0.29, 0.717) is 24.4 Å². The lowest BCUT2D eigenvalue weighted by atomic mass is 10.0. The van der Waals surface area contributed by atoms with Gasteiger partial charge in [0.25, 0.3) is 0 Å². The van der Waals surface area contributed by atoms with Crippen molar-refractivity contribution < 1.29 is 24.1 Å². The predicted molar refractivity (Wildman–Crippen MR) is 134 cm³/mol. The van der Waals surface area contributed by atoms with Crippen molar-refractivity contribution in [1.82, 2.24) is 10.3 Å². The van der Waals surface area contributed by atoms with Crippen molar-refractivity contribution >= 4 is 39.4 Å². The first-order valence-corrected chi connectivity index (χ1v) is 11.9. The molecular weight excluding hydrogens is 444 g/mol. The van der Waals surface area contributed by atoms with Crippen LogP contribution in [0.25, 0.3) is 33.3 Å². The highest BCUT2D eigenvalue weighted by molar-refractivity contribution is 6.08. The van der Waals surface area contributed by atoms with Gasteiger partial charge in [-0.15, -0.1) is 0 Å². The van der Waals surface area contributed by atoms with Crippen molar-refractivity contribution in [2.75, 3.05) is 20.2 Å². The second-order valence-electron chi connectivity index (χ2n) is 8.75. The molecule has 1 atom stereocenters. The second-order valence-corrected chi connectivity index (χ2v) is 8.75. The molecule has 1 aliphatic carbocycles. The number of amides is 1. The van der Waals surface area contributed by atoms with Crippen LogP contribution in [0.3, 0.4) is 0 Å². The minimum Gasteiger partial charge on any atom is -0.467 e. The largest absolute Gasteiger partial charge is 0.467 e. The average Bonchev–Trinajstić information content (AvgIpc) is 2.86. The minimum atomic E-state index is -0.656. The van der Waals surface area contributed by atoms with Gasteiger partial charge in [0.2, 0.25) is 5.91 Å². The number of carbonyl (C=O) groups is 2. The Bertz CT molecular complexity index is 1410. The summed E-state index contributed by atoms with van der Waals surface area (Å²) >= 11 is 0. The highest BCUT2D eigenvalue weighted by Gasteiger charge is 2.25. The number of benzene rings is 3. The molecular formula is C27H31N4O4+. The number of esters is 1. The summed E-state index contributed by atoms with van der Waals surface area (Å²) in [7, 11) is 1.32. The summed E-state index contributed by atoms with van der Waals surface area (Å²) in [5, 5.41) is 7.68. The van der Waals surface area contributed by atoms with Gasteiger partial charge >= 0.3 is 5.97 Å². The molecule has 2 aromatic carbocycles. The summed E-state index contributed by atoms with van der Waals surface area (Å²) in [6, 6.07) is 15.1. The van der Waals surface area contributed by atoms with E-state index >= 15 is 0 Å². The van der Waals surface area contributed by atoms with Crippen LogP contribution in [-0.2, 0) is 14.3 Å². The normalized spacial score (nSPS) is 13.0. The molecule has 0 fully saturated rings. The zero-order valence-corrected chi connectivity index (χ0v) is 20.5. The van der Waals surface area contributed by atoms with E-state index in [2.05, 4.69) is 10.3 Å². The first-order chi connectivity index (χ1) is 16.9. The molecule has 4 rings (SSSR count). The summed E-state index contributed by atoms with van der Waals surface area (Å²) in [4.78, 5) is 33.8. The van der Waals surface area contributed by atoms with Crippen LogP contribution in [0.15, 0.2) is 57.9 Å². The quantitative estimate of drug-likeness (QED) is 0.176. The van der Waals surface area contributed by atoms with Gasteiger partial charge in [0.15, 0.2) is 11.3 Å². The van der Waals surface area contributed by atoms with Crippen molar-refractivity contribution in [1.29, 1.82) is 0 Å². The van der Waals surface area contributed by atoms with Crippen LogP contribution in [0, 0.1) is 5.92 Å². The third-order valence-electron chi connectivity index (χ3n) is 5.92. The number of nitrogens with one attached hydrogen (secondary N) is 1. The van der Waals surface area contributed by atoms with Gasteiger partial charge in [-0.3, -0.25) is 9.79 Å². The van der Waals surface area contributed by atoms with Gasteiger partial charge in [-0.25, -0.2) is 9.78 Å². The van der Waals surface area contributed by atoms with Gasteiger partial charge in [0, 0.05) is 29.4 Å². The van der Waals surface area contributed by atoms with Crippen molar-refractivity contribution in [3.63, 3.8) is 0 Å². The van der Waals surface area contributed by atoms with Gasteiger partial charge in [-0.1, -0.05) is 32.0 Å². The molecule has 182 valence electrons. The van der Waals surface area contributed by atoms with Gasteiger partial charge < -0.3 is 19.8 Å². The molecule has 8 nitrogen and oxygen atoms in total. The fraction of sp³-hybridized carbons (Fsp3) is 0.333. The smallest absolute Gasteiger partial charge is 0.328 e. The molecule has 0 bridgehead atoms. The van der Waals surface area contributed by atoms with Crippen LogP contribution in [0.2, 0.25) is 0 Å². The summed E-state index contributed by atoms with van der Waals surface area (Å²) < 4.78 is 11.1. The van der Waals surface area contributed by atoms with Gasteiger partial charge in [0.05, 0.1) is 25.4 Å². The zero-order chi connectivity index (χ0) is 24.9.